The highest BCUT2D eigenvalue weighted by Gasteiger charge is 2.27. The molecule has 0 aliphatic carbocycles. The van der Waals surface area contributed by atoms with Gasteiger partial charge in [0.25, 0.3) is 0 Å². The number of hydrogen-bond donors (Lipinski definition) is 4. The number of nitrogens with one attached hydrogen (secondary N) is 1. The third-order valence-corrected chi connectivity index (χ3v) is 3.61. The number of nitrogens with two attached hydrogens (primary N) is 3. The molecule has 7 heteroatoms. The summed E-state index contributed by atoms with van der Waals surface area (Å²) in [5, 5.41) is 3.25. The summed E-state index contributed by atoms with van der Waals surface area (Å²) >= 11 is 0. The zero-order valence-electron chi connectivity index (χ0n) is 12.9. The van der Waals surface area contributed by atoms with E-state index in [4.69, 9.17) is 17.2 Å². The number of hydrogen-bond acceptors (Lipinski definition) is 6. The van der Waals surface area contributed by atoms with Crippen LogP contribution in [-0.4, -0.2) is 23.5 Å². The first-order valence-electron chi connectivity index (χ1n) is 7.45. The lowest BCUT2D eigenvalue weighted by atomic mass is 10.0. The molecule has 0 saturated carbocycles. The number of anilines is 3. The van der Waals surface area contributed by atoms with E-state index in [1.807, 2.05) is 12.1 Å². The SMILES string of the molecule is NC1=NC(=Nc2ccc(N)cc2)C(Nc2ccc(N)cc2)CC1=O. The first-order valence-corrected chi connectivity index (χ1v) is 7.45. The van der Waals surface area contributed by atoms with Crippen molar-refractivity contribution in [1.29, 1.82) is 0 Å². The van der Waals surface area contributed by atoms with E-state index in [-0.39, 0.29) is 24.1 Å². The number of amidine groups is 2. The van der Waals surface area contributed by atoms with Crippen molar-refractivity contribution in [3.8, 4) is 0 Å². The van der Waals surface area contributed by atoms with Gasteiger partial charge in [-0.15, -0.1) is 0 Å². The van der Waals surface area contributed by atoms with Gasteiger partial charge < -0.3 is 22.5 Å². The third kappa shape index (κ3) is 3.52. The highest BCUT2D eigenvalue weighted by molar-refractivity contribution is 6.42. The fourth-order valence-corrected chi connectivity index (χ4v) is 2.33. The van der Waals surface area contributed by atoms with Gasteiger partial charge in [-0.1, -0.05) is 0 Å². The molecule has 122 valence electrons. The Morgan fingerprint density at radius 3 is 2.17 bits per heavy atom. The molecule has 0 aromatic heterocycles. The lowest BCUT2D eigenvalue weighted by Crippen LogP contribution is -2.41. The number of carbonyl (C=O) groups excluding carboxylic acids is 1. The van der Waals surface area contributed by atoms with Gasteiger partial charge >= 0.3 is 0 Å². The summed E-state index contributed by atoms with van der Waals surface area (Å²) in [6.45, 7) is 0. The van der Waals surface area contributed by atoms with Crippen LogP contribution in [0.3, 0.4) is 0 Å². The number of ketones is 1. The van der Waals surface area contributed by atoms with Crippen molar-refractivity contribution in [2.45, 2.75) is 12.5 Å². The standard InChI is InChI=1S/C17H18N6O/c18-10-1-5-12(6-2-10)21-14-9-15(24)16(20)23-17(14)22-13-7-3-11(19)4-8-13/h1-8,14,21H,9,18-19H2,(H2,20,22,23). The molecule has 0 amide bonds. The van der Waals surface area contributed by atoms with E-state index in [1.54, 1.807) is 36.4 Å². The molecule has 0 radical (unpaired) electrons. The zero-order chi connectivity index (χ0) is 17.1. The monoisotopic (exact) mass is 322 g/mol. The first-order chi connectivity index (χ1) is 11.5. The molecule has 0 fully saturated rings. The summed E-state index contributed by atoms with van der Waals surface area (Å²) in [6.07, 6.45) is 0.188. The summed E-state index contributed by atoms with van der Waals surface area (Å²) < 4.78 is 0. The summed E-state index contributed by atoms with van der Waals surface area (Å²) in [4.78, 5) is 20.6. The Morgan fingerprint density at radius 1 is 0.958 bits per heavy atom. The van der Waals surface area contributed by atoms with Gasteiger partial charge in [0.05, 0.1) is 11.7 Å². The Labute approximate surface area is 139 Å². The Morgan fingerprint density at radius 2 is 1.54 bits per heavy atom. The number of benzene rings is 2. The van der Waals surface area contributed by atoms with Crippen molar-refractivity contribution >= 4 is 40.2 Å². The molecule has 0 bridgehead atoms. The predicted molar refractivity (Wildman–Crippen MR) is 97.5 cm³/mol. The number of aliphatic imine (C=N–C) groups is 2. The Kier molecular flexibility index (Phi) is 4.15. The summed E-state index contributed by atoms with van der Waals surface area (Å²) in [6, 6.07) is 13.9. The van der Waals surface area contributed by atoms with Crippen LogP contribution >= 0.6 is 0 Å². The molecule has 2 aromatic rings. The van der Waals surface area contributed by atoms with Crippen LogP contribution in [0.4, 0.5) is 22.7 Å². The van der Waals surface area contributed by atoms with Gasteiger partial charge in [0.15, 0.2) is 17.5 Å². The quantitative estimate of drug-likeness (QED) is 0.638. The van der Waals surface area contributed by atoms with Gasteiger partial charge in [-0.05, 0) is 48.5 Å². The van der Waals surface area contributed by atoms with Crippen molar-refractivity contribution in [3.63, 3.8) is 0 Å². The average molecular weight is 322 g/mol. The number of nitrogens with zero attached hydrogens (tertiary/aromatic N) is 2. The van der Waals surface area contributed by atoms with Gasteiger partial charge in [-0.25, -0.2) is 9.98 Å². The smallest absolute Gasteiger partial charge is 0.200 e. The Bertz CT molecular complexity index is 808. The molecule has 7 nitrogen and oxygen atoms in total. The van der Waals surface area contributed by atoms with E-state index in [2.05, 4.69) is 15.3 Å². The zero-order valence-corrected chi connectivity index (χ0v) is 12.9. The van der Waals surface area contributed by atoms with Crippen LogP contribution in [0.1, 0.15) is 6.42 Å². The van der Waals surface area contributed by atoms with Crippen LogP contribution in [0.15, 0.2) is 58.5 Å². The molecule has 1 atom stereocenters. The number of rotatable bonds is 3. The van der Waals surface area contributed by atoms with Crippen LogP contribution in [0.25, 0.3) is 0 Å². The fourth-order valence-electron chi connectivity index (χ4n) is 2.33. The largest absolute Gasteiger partial charge is 0.399 e. The number of carbonyl (C=O) groups is 1. The summed E-state index contributed by atoms with van der Waals surface area (Å²) in [7, 11) is 0. The van der Waals surface area contributed by atoms with Crippen LogP contribution in [0.5, 0.6) is 0 Å². The number of nitrogen functional groups attached to an aromatic ring is 2. The molecular formula is C17H18N6O. The van der Waals surface area contributed by atoms with Crippen molar-refractivity contribution in [2.75, 3.05) is 16.8 Å². The molecule has 0 saturated heterocycles. The molecule has 0 spiro atoms. The predicted octanol–water partition coefficient (Wildman–Crippen LogP) is 1.69. The molecule has 1 unspecified atom stereocenters. The second-order valence-corrected chi connectivity index (χ2v) is 5.50. The van der Waals surface area contributed by atoms with Gasteiger partial charge in [-0.3, -0.25) is 4.79 Å². The van der Waals surface area contributed by atoms with Gasteiger partial charge in [0.2, 0.25) is 0 Å². The first kappa shape index (κ1) is 15.5. The lowest BCUT2D eigenvalue weighted by molar-refractivity contribution is -0.113. The second kappa shape index (κ2) is 6.41. The maximum atomic E-state index is 11.9. The van der Waals surface area contributed by atoms with Crippen molar-refractivity contribution < 1.29 is 4.79 Å². The maximum absolute atomic E-state index is 11.9. The summed E-state index contributed by atoms with van der Waals surface area (Å²) in [5.41, 5.74) is 19.9. The molecule has 2 aromatic carbocycles. The fraction of sp³-hybridized carbons (Fsp3) is 0.118. The normalized spacial score (nSPS) is 19.2. The third-order valence-electron chi connectivity index (χ3n) is 3.61. The van der Waals surface area contributed by atoms with E-state index in [9.17, 15) is 4.79 Å². The Balaban J connectivity index is 1.91. The second-order valence-electron chi connectivity index (χ2n) is 5.50. The molecule has 7 N–H and O–H groups in total. The molecular weight excluding hydrogens is 304 g/mol. The van der Waals surface area contributed by atoms with E-state index in [0.29, 0.717) is 22.9 Å². The van der Waals surface area contributed by atoms with Gasteiger partial charge in [0, 0.05) is 23.5 Å². The average Bonchev–Trinajstić information content (AvgIpc) is 2.56. The Hall–Kier alpha value is -3.35. The minimum Gasteiger partial charge on any atom is -0.399 e. The van der Waals surface area contributed by atoms with E-state index >= 15 is 0 Å². The van der Waals surface area contributed by atoms with Crippen LogP contribution < -0.4 is 22.5 Å². The van der Waals surface area contributed by atoms with E-state index in [0.717, 1.165) is 5.69 Å². The van der Waals surface area contributed by atoms with Crippen LogP contribution in [0, 0.1) is 0 Å². The molecule has 1 aliphatic rings. The van der Waals surface area contributed by atoms with Crippen LogP contribution in [0.2, 0.25) is 0 Å². The van der Waals surface area contributed by atoms with Gasteiger partial charge in [-0.2, -0.15) is 0 Å². The van der Waals surface area contributed by atoms with E-state index in [1.165, 1.54) is 0 Å². The maximum Gasteiger partial charge on any atom is 0.200 e. The van der Waals surface area contributed by atoms with E-state index < -0.39 is 0 Å². The molecule has 1 aliphatic heterocycles. The van der Waals surface area contributed by atoms with Crippen molar-refractivity contribution in [2.24, 2.45) is 15.7 Å². The minimum atomic E-state index is -0.369. The topological polar surface area (TPSA) is 132 Å². The molecule has 24 heavy (non-hydrogen) atoms. The highest BCUT2D eigenvalue weighted by Crippen LogP contribution is 2.20. The number of Topliss-reactive ketones (excluding diaryl/α,β-unsaturated/α-hetero) is 1. The van der Waals surface area contributed by atoms with Crippen LogP contribution in [-0.2, 0) is 4.79 Å². The summed E-state index contributed by atoms with van der Waals surface area (Å²) in [5.74, 6) is 0.215. The highest BCUT2D eigenvalue weighted by atomic mass is 16.1. The van der Waals surface area contributed by atoms with Crippen molar-refractivity contribution in [3.05, 3.63) is 48.5 Å². The lowest BCUT2D eigenvalue weighted by Gasteiger charge is -2.22. The van der Waals surface area contributed by atoms with Gasteiger partial charge in [0.1, 0.15) is 0 Å². The minimum absolute atomic E-state index is 0.0282. The van der Waals surface area contributed by atoms with Crippen molar-refractivity contribution in [1.82, 2.24) is 0 Å². The molecule has 3 rings (SSSR count). The molecule has 1 heterocycles.